The lowest BCUT2D eigenvalue weighted by Crippen LogP contribution is -2.12. The number of halogens is 3. The fourth-order valence-corrected chi connectivity index (χ4v) is 3.86. The molecule has 0 atom stereocenters. The maximum atomic E-state index is 12.3. The van der Waals surface area contributed by atoms with Gasteiger partial charge in [0.2, 0.25) is 0 Å². The molecule has 21 heavy (non-hydrogen) atoms. The summed E-state index contributed by atoms with van der Waals surface area (Å²) in [6.45, 7) is 0. The van der Waals surface area contributed by atoms with Crippen molar-refractivity contribution >= 4 is 78.4 Å². The van der Waals surface area contributed by atoms with Gasteiger partial charge in [-0.1, -0.05) is 46.7 Å². The van der Waals surface area contributed by atoms with E-state index in [2.05, 4.69) is 32.9 Å². The number of thiazole rings is 1. The summed E-state index contributed by atoms with van der Waals surface area (Å²) in [6, 6.07) is 10.8. The molecule has 0 aliphatic carbocycles. The molecule has 0 bridgehead atoms. The van der Waals surface area contributed by atoms with Crippen LogP contribution in [0.4, 0.5) is 5.13 Å². The first kappa shape index (κ1) is 15.0. The van der Waals surface area contributed by atoms with Gasteiger partial charge in [-0.05, 0) is 46.9 Å². The van der Waals surface area contributed by atoms with Crippen molar-refractivity contribution < 1.29 is 4.79 Å². The molecule has 3 aromatic rings. The van der Waals surface area contributed by atoms with Crippen LogP contribution in [0, 0.1) is 3.57 Å². The summed E-state index contributed by atoms with van der Waals surface area (Å²) in [4.78, 5) is 16.6. The van der Waals surface area contributed by atoms with Gasteiger partial charge < -0.3 is 0 Å². The number of carbonyl (C=O) groups is 1. The van der Waals surface area contributed by atoms with Crippen LogP contribution in [0.1, 0.15) is 10.4 Å². The molecule has 0 unspecified atom stereocenters. The number of fused-ring (bicyclic) bond motifs is 1. The summed E-state index contributed by atoms with van der Waals surface area (Å²) >= 11 is 15.6. The largest absolute Gasteiger partial charge is 0.298 e. The van der Waals surface area contributed by atoms with Crippen molar-refractivity contribution in [1.29, 1.82) is 0 Å². The summed E-state index contributed by atoms with van der Waals surface area (Å²) < 4.78 is 1.65. The van der Waals surface area contributed by atoms with Crippen LogP contribution in [0.15, 0.2) is 36.4 Å². The third-order valence-electron chi connectivity index (χ3n) is 2.79. The lowest BCUT2D eigenvalue weighted by atomic mass is 10.2. The van der Waals surface area contributed by atoms with Crippen molar-refractivity contribution in [3.63, 3.8) is 0 Å². The highest BCUT2D eigenvalue weighted by atomic mass is 127. The predicted molar refractivity (Wildman–Crippen MR) is 96.8 cm³/mol. The summed E-state index contributed by atoms with van der Waals surface area (Å²) in [5.74, 6) is -0.202. The van der Waals surface area contributed by atoms with Crippen LogP contribution < -0.4 is 5.32 Å². The van der Waals surface area contributed by atoms with Crippen LogP contribution in [0.5, 0.6) is 0 Å². The molecule has 2 aromatic carbocycles. The smallest absolute Gasteiger partial charge is 0.258 e. The number of hydrogen-bond donors (Lipinski definition) is 1. The molecule has 0 aliphatic heterocycles. The van der Waals surface area contributed by atoms with Crippen molar-refractivity contribution in [1.82, 2.24) is 4.98 Å². The van der Waals surface area contributed by atoms with Crippen LogP contribution in [0.25, 0.3) is 10.2 Å². The van der Waals surface area contributed by atoms with E-state index in [-0.39, 0.29) is 5.91 Å². The molecular weight excluding hydrogens is 442 g/mol. The second kappa shape index (κ2) is 6.08. The van der Waals surface area contributed by atoms with E-state index in [0.717, 1.165) is 8.27 Å². The fraction of sp³-hybridized carbons (Fsp3) is 0. The van der Waals surface area contributed by atoms with Gasteiger partial charge in [0.05, 0.1) is 20.3 Å². The standard InChI is InChI=1S/C14H7Cl2IN2OS/c15-8-5-6-9(16)12-11(8)18-14(21-12)19-13(20)7-3-1-2-4-10(7)17/h1-6H,(H,18,19,20). The molecule has 1 aromatic heterocycles. The third-order valence-corrected chi connectivity index (χ3v) is 5.46. The Morgan fingerprint density at radius 1 is 1.14 bits per heavy atom. The van der Waals surface area contributed by atoms with Gasteiger partial charge in [-0.3, -0.25) is 10.1 Å². The number of hydrogen-bond acceptors (Lipinski definition) is 3. The van der Waals surface area contributed by atoms with Crippen LogP contribution in [-0.2, 0) is 0 Å². The Morgan fingerprint density at radius 3 is 2.57 bits per heavy atom. The number of nitrogens with one attached hydrogen (secondary N) is 1. The monoisotopic (exact) mass is 448 g/mol. The zero-order valence-corrected chi connectivity index (χ0v) is 14.8. The highest BCUT2D eigenvalue weighted by Crippen LogP contribution is 2.36. The minimum Gasteiger partial charge on any atom is -0.298 e. The van der Waals surface area contributed by atoms with Crippen LogP contribution >= 0.6 is 57.1 Å². The predicted octanol–water partition coefficient (Wildman–Crippen LogP) is 5.46. The van der Waals surface area contributed by atoms with Gasteiger partial charge in [0.1, 0.15) is 5.52 Å². The van der Waals surface area contributed by atoms with Crippen LogP contribution in [0.3, 0.4) is 0 Å². The quantitative estimate of drug-likeness (QED) is 0.529. The van der Waals surface area contributed by atoms with Crippen molar-refractivity contribution in [3.05, 3.63) is 55.6 Å². The van der Waals surface area contributed by atoms with E-state index in [1.807, 2.05) is 18.2 Å². The fourth-order valence-electron chi connectivity index (χ4n) is 1.81. The van der Waals surface area contributed by atoms with E-state index in [9.17, 15) is 4.79 Å². The van der Waals surface area contributed by atoms with Crippen molar-refractivity contribution in [3.8, 4) is 0 Å². The van der Waals surface area contributed by atoms with Gasteiger partial charge in [-0.15, -0.1) is 0 Å². The van der Waals surface area contributed by atoms with Crippen LogP contribution in [-0.4, -0.2) is 10.9 Å². The van der Waals surface area contributed by atoms with Gasteiger partial charge in [-0.2, -0.15) is 0 Å². The summed E-state index contributed by atoms with van der Waals surface area (Å²) in [6.07, 6.45) is 0. The zero-order chi connectivity index (χ0) is 15.0. The van der Waals surface area contributed by atoms with E-state index >= 15 is 0 Å². The van der Waals surface area contributed by atoms with Gasteiger partial charge in [0.15, 0.2) is 5.13 Å². The van der Waals surface area contributed by atoms with Crippen LogP contribution in [0.2, 0.25) is 10.0 Å². The molecule has 0 saturated carbocycles. The molecule has 0 saturated heterocycles. The van der Waals surface area contributed by atoms with E-state index in [4.69, 9.17) is 23.2 Å². The Balaban J connectivity index is 1.96. The Labute approximate surface area is 148 Å². The molecule has 1 N–H and O–H groups in total. The Bertz CT molecular complexity index is 811. The SMILES string of the molecule is O=C(Nc1nc2c(Cl)ccc(Cl)c2s1)c1ccccc1I. The highest BCUT2D eigenvalue weighted by molar-refractivity contribution is 14.1. The summed E-state index contributed by atoms with van der Waals surface area (Å²) in [5.41, 5.74) is 1.21. The minimum atomic E-state index is -0.202. The van der Waals surface area contributed by atoms with E-state index in [0.29, 0.717) is 26.3 Å². The van der Waals surface area contributed by atoms with Crippen molar-refractivity contribution in [2.45, 2.75) is 0 Å². The maximum absolute atomic E-state index is 12.3. The Morgan fingerprint density at radius 2 is 1.86 bits per heavy atom. The van der Waals surface area contributed by atoms with Crippen molar-refractivity contribution in [2.75, 3.05) is 5.32 Å². The normalized spacial score (nSPS) is 10.8. The first-order chi connectivity index (χ1) is 10.1. The number of rotatable bonds is 2. The average Bonchev–Trinajstić information content (AvgIpc) is 2.88. The van der Waals surface area contributed by atoms with E-state index in [1.165, 1.54) is 11.3 Å². The second-order valence-electron chi connectivity index (χ2n) is 4.16. The number of anilines is 1. The van der Waals surface area contributed by atoms with E-state index < -0.39 is 0 Å². The molecule has 0 spiro atoms. The molecule has 106 valence electrons. The molecular formula is C14H7Cl2IN2OS. The zero-order valence-electron chi connectivity index (χ0n) is 10.4. The highest BCUT2D eigenvalue weighted by Gasteiger charge is 2.14. The third kappa shape index (κ3) is 3.01. The molecule has 0 aliphatic rings. The Kier molecular flexibility index (Phi) is 4.35. The molecule has 3 rings (SSSR count). The van der Waals surface area contributed by atoms with Gasteiger partial charge >= 0.3 is 0 Å². The first-order valence-corrected chi connectivity index (χ1v) is 8.52. The minimum absolute atomic E-state index is 0.202. The number of amides is 1. The molecule has 0 fully saturated rings. The Hall–Kier alpha value is -0.890. The molecule has 0 radical (unpaired) electrons. The number of aromatic nitrogens is 1. The van der Waals surface area contributed by atoms with Gasteiger partial charge in [-0.25, -0.2) is 4.98 Å². The number of benzene rings is 2. The average molecular weight is 449 g/mol. The molecule has 3 nitrogen and oxygen atoms in total. The lowest BCUT2D eigenvalue weighted by molar-refractivity contribution is 0.102. The molecule has 7 heteroatoms. The summed E-state index contributed by atoms with van der Waals surface area (Å²) in [7, 11) is 0. The molecule has 1 heterocycles. The topological polar surface area (TPSA) is 42.0 Å². The lowest BCUT2D eigenvalue weighted by Gasteiger charge is -2.03. The van der Waals surface area contributed by atoms with Gasteiger partial charge in [0.25, 0.3) is 5.91 Å². The number of carbonyl (C=O) groups excluding carboxylic acids is 1. The van der Waals surface area contributed by atoms with Gasteiger partial charge in [0, 0.05) is 3.57 Å². The van der Waals surface area contributed by atoms with E-state index in [1.54, 1.807) is 18.2 Å². The maximum Gasteiger partial charge on any atom is 0.258 e. The second-order valence-corrected chi connectivity index (χ2v) is 7.14. The molecule has 1 amide bonds. The first-order valence-electron chi connectivity index (χ1n) is 5.86. The number of nitrogens with zero attached hydrogens (tertiary/aromatic N) is 1. The van der Waals surface area contributed by atoms with Crippen molar-refractivity contribution in [2.24, 2.45) is 0 Å². The summed E-state index contributed by atoms with van der Waals surface area (Å²) in [5, 5.41) is 4.35.